The molecule has 16 heavy (non-hydrogen) atoms. The molecule has 0 saturated heterocycles. The molecule has 0 aromatic heterocycles. The molecule has 86 valence electrons. The van der Waals surface area contributed by atoms with Crippen LogP contribution in [0.1, 0.15) is 6.92 Å². The molecule has 0 aliphatic carbocycles. The van der Waals surface area contributed by atoms with E-state index < -0.39 is 23.9 Å². The van der Waals surface area contributed by atoms with Crippen LogP contribution in [-0.4, -0.2) is 18.0 Å². The van der Waals surface area contributed by atoms with Crippen molar-refractivity contribution in [2.45, 2.75) is 13.0 Å². The SMILES string of the molecule is CC(Oc1cccc(F)c1)C(=O)NC(N)=O. The number of hydrogen-bond acceptors (Lipinski definition) is 3. The summed E-state index contributed by atoms with van der Waals surface area (Å²) in [5.41, 5.74) is 4.76. The first-order chi connectivity index (χ1) is 7.49. The van der Waals surface area contributed by atoms with E-state index in [1.807, 2.05) is 5.32 Å². The van der Waals surface area contributed by atoms with Crippen molar-refractivity contribution in [3.05, 3.63) is 30.1 Å². The van der Waals surface area contributed by atoms with Crippen molar-refractivity contribution >= 4 is 11.9 Å². The highest BCUT2D eigenvalue weighted by Crippen LogP contribution is 2.13. The van der Waals surface area contributed by atoms with Crippen LogP contribution in [0.3, 0.4) is 0 Å². The number of urea groups is 1. The molecule has 0 aliphatic heterocycles. The molecule has 3 amide bonds. The molecule has 0 radical (unpaired) electrons. The lowest BCUT2D eigenvalue weighted by molar-refractivity contribution is -0.126. The Balaban J connectivity index is 2.60. The Kier molecular flexibility index (Phi) is 3.82. The molecule has 0 spiro atoms. The zero-order valence-corrected chi connectivity index (χ0v) is 8.57. The van der Waals surface area contributed by atoms with Gasteiger partial charge >= 0.3 is 6.03 Å². The summed E-state index contributed by atoms with van der Waals surface area (Å²) in [6, 6.07) is 4.37. The van der Waals surface area contributed by atoms with E-state index in [9.17, 15) is 14.0 Å². The molecule has 3 N–H and O–H groups in total. The standard InChI is InChI=1S/C10H11FN2O3/c1-6(9(14)13-10(12)15)16-8-4-2-3-7(11)5-8/h2-6H,1H3,(H3,12,13,14,15). The molecule has 0 bridgehead atoms. The van der Waals surface area contributed by atoms with Crippen LogP contribution in [0, 0.1) is 5.82 Å². The van der Waals surface area contributed by atoms with E-state index in [0.717, 1.165) is 6.07 Å². The number of ether oxygens (including phenoxy) is 1. The minimum Gasteiger partial charge on any atom is -0.481 e. The fourth-order valence-electron chi connectivity index (χ4n) is 1.02. The van der Waals surface area contributed by atoms with E-state index in [1.54, 1.807) is 0 Å². The number of nitrogens with one attached hydrogen (secondary N) is 1. The molecule has 1 rings (SSSR count). The second-order valence-electron chi connectivity index (χ2n) is 3.07. The minimum atomic E-state index is -0.959. The van der Waals surface area contributed by atoms with Gasteiger partial charge in [0.1, 0.15) is 11.6 Å². The van der Waals surface area contributed by atoms with Gasteiger partial charge in [0.15, 0.2) is 6.10 Å². The second-order valence-corrected chi connectivity index (χ2v) is 3.07. The Labute approximate surface area is 91.4 Å². The number of hydrogen-bond donors (Lipinski definition) is 2. The number of benzene rings is 1. The van der Waals surface area contributed by atoms with Crippen molar-refractivity contribution in [3.8, 4) is 5.75 Å². The van der Waals surface area contributed by atoms with E-state index in [1.165, 1.54) is 25.1 Å². The van der Waals surface area contributed by atoms with Crippen molar-refractivity contribution in [3.63, 3.8) is 0 Å². The molecule has 0 aliphatic rings. The molecule has 1 unspecified atom stereocenters. The third-order valence-electron chi connectivity index (χ3n) is 1.72. The number of carbonyl (C=O) groups is 2. The van der Waals surface area contributed by atoms with Gasteiger partial charge in [0.2, 0.25) is 0 Å². The molecule has 0 saturated carbocycles. The average molecular weight is 226 g/mol. The third-order valence-corrected chi connectivity index (χ3v) is 1.72. The molecule has 5 nitrogen and oxygen atoms in total. The van der Waals surface area contributed by atoms with E-state index in [2.05, 4.69) is 0 Å². The smallest absolute Gasteiger partial charge is 0.318 e. The molecule has 0 heterocycles. The summed E-state index contributed by atoms with van der Waals surface area (Å²) in [4.78, 5) is 21.6. The highest BCUT2D eigenvalue weighted by atomic mass is 19.1. The number of amides is 3. The van der Waals surface area contributed by atoms with Crippen molar-refractivity contribution in [1.82, 2.24) is 5.32 Å². The van der Waals surface area contributed by atoms with Crippen LogP contribution < -0.4 is 15.8 Å². The van der Waals surface area contributed by atoms with Crippen LogP contribution in [0.2, 0.25) is 0 Å². The van der Waals surface area contributed by atoms with Gasteiger partial charge in [0, 0.05) is 6.07 Å². The summed E-state index contributed by atoms with van der Waals surface area (Å²) >= 11 is 0. The van der Waals surface area contributed by atoms with Crippen LogP contribution in [0.15, 0.2) is 24.3 Å². The Morgan fingerprint density at radius 1 is 1.50 bits per heavy atom. The molecule has 1 aromatic rings. The van der Waals surface area contributed by atoms with E-state index in [-0.39, 0.29) is 5.75 Å². The molecule has 1 aromatic carbocycles. The molecular formula is C10H11FN2O3. The van der Waals surface area contributed by atoms with Gasteiger partial charge in [-0.25, -0.2) is 9.18 Å². The first-order valence-corrected chi connectivity index (χ1v) is 4.51. The zero-order chi connectivity index (χ0) is 12.1. The lowest BCUT2D eigenvalue weighted by Crippen LogP contribution is -2.42. The highest BCUT2D eigenvalue weighted by molar-refractivity contribution is 5.95. The van der Waals surface area contributed by atoms with Gasteiger partial charge in [-0.3, -0.25) is 10.1 Å². The van der Waals surface area contributed by atoms with Crippen LogP contribution in [0.5, 0.6) is 5.75 Å². The maximum Gasteiger partial charge on any atom is 0.318 e. The van der Waals surface area contributed by atoms with Crippen LogP contribution in [0.4, 0.5) is 9.18 Å². The van der Waals surface area contributed by atoms with Gasteiger partial charge in [-0.1, -0.05) is 6.07 Å². The Bertz CT molecular complexity index is 409. The molecular weight excluding hydrogens is 215 g/mol. The van der Waals surface area contributed by atoms with Gasteiger partial charge < -0.3 is 10.5 Å². The van der Waals surface area contributed by atoms with E-state index >= 15 is 0 Å². The first-order valence-electron chi connectivity index (χ1n) is 4.51. The number of primary amides is 1. The number of carbonyl (C=O) groups excluding carboxylic acids is 2. The van der Waals surface area contributed by atoms with Crippen LogP contribution >= 0.6 is 0 Å². The monoisotopic (exact) mass is 226 g/mol. The minimum absolute atomic E-state index is 0.201. The van der Waals surface area contributed by atoms with Gasteiger partial charge in [0.25, 0.3) is 5.91 Å². The summed E-state index contributed by atoms with van der Waals surface area (Å²) < 4.78 is 17.9. The van der Waals surface area contributed by atoms with Gasteiger partial charge in [-0.05, 0) is 19.1 Å². The Morgan fingerprint density at radius 3 is 2.75 bits per heavy atom. The third kappa shape index (κ3) is 3.56. The van der Waals surface area contributed by atoms with Crippen molar-refractivity contribution in [1.29, 1.82) is 0 Å². The quantitative estimate of drug-likeness (QED) is 0.799. The fraction of sp³-hybridized carbons (Fsp3) is 0.200. The van der Waals surface area contributed by atoms with Gasteiger partial charge in [0.05, 0.1) is 0 Å². The fourth-order valence-corrected chi connectivity index (χ4v) is 1.02. The van der Waals surface area contributed by atoms with E-state index in [4.69, 9.17) is 10.5 Å². The zero-order valence-electron chi connectivity index (χ0n) is 8.57. The molecule has 1 atom stereocenters. The summed E-state index contributed by atoms with van der Waals surface area (Å²) in [5.74, 6) is -0.955. The number of imide groups is 1. The molecule has 6 heteroatoms. The van der Waals surface area contributed by atoms with Crippen molar-refractivity contribution in [2.75, 3.05) is 0 Å². The van der Waals surface area contributed by atoms with Gasteiger partial charge in [-0.2, -0.15) is 0 Å². The summed E-state index contributed by atoms with van der Waals surface area (Å²) in [6.07, 6.45) is -0.936. The number of nitrogens with two attached hydrogens (primary N) is 1. The van der Waals surface area contributed by atoms with Crippen LogP contribution in [-0.2, 0) is 4.79 Å². The molecule has 0 fully saturated rings. The predicted molar refractivity (Wildman–Crippen MR) is 54.2 cm³/mol. The first kappa shape index (κ1) is 12.0. The summed E-state index contributed by atoms with van der Waals surface area (Å²) in [7, 11) is 0. The Morgan fingerprint density at radius 2 is 2.19 bits per heavy atom. The topological polar surface area (TPSA) is 81.4 Å². The number of rotatable bonds is 3. The summed E-state index contributed by atoms with van der Waals surface area (Å²) in [6.45, 7) is 1.42. The lowest BCUT2D eigenvalue weighted by atomic mass is 10.3. The number of halogens is 1. The van der Waals surface area contributed by atoms with Crippen molar-refractivity contribution < 1.29 is 18.7 Å². The summed E-state index contributed by atoms with van der Waals surface area (Å²) in [5, 5.41) is 1.86. The maximum atomic E-state index is 12.8. The second kappa shape index (κ2) is 5.11. The lowest BCUT2D eigenvalue weighted by Gasteiger charge is -2.13. The highest BCUT2D eigenvalue weighted by Gasteiger charge is 2.16. The van der Waals surface area contributed by atoms with Crippen LogP contribution in [0.25, 0.3) is 0 Å². The normalized spacial score (nSPS) is 11.6. The Hall–Kier alpha value is -2.11. The average Bonchev–Trinajstić information content (AvgIpc) is 2.16. The van der Waals surface area contributed by atoms with E-state index in [0.29, 0.717) is 0 Å². The van der Waals surface area contributed by atoms with Gasteiger partial charge in [-0.15, -0.1) is 0 Å². The largest absolute Gasteiger partial charge is 0.481 e. The predicted octanol–water partition coefficient (Wildman–Crippen LogP) is 0.788. The maximum absolute atomic E-state index is 12.8. The van der Waals surface area contributed by atoms with Crippen molar-refractivity contribution in [2.24, 2.45) is 5.73 Å².